The van der Waals surface area contributed by atoms with Crippen LogP contribution in [0.1, 0.15) is 52.9 Å². The van der Waals surface area contributed by atoms with Crippen LogP contribution in [-0.4, -0.2) is 29.3 Å². The Labute approximate surface area is 108 Å². The summed E-state index contributed by atoms with van der Waals surface area (Å²) in [6.07, 6.45) is 1.36. The van der Waals surface area contributed by atoms with Crippen molar-refractivity contribution in [2.45, 2.75) is 52.9 Å². The molecule has 0 aliphatic carbocycles. The van der Waals surface area contributed by atoms with Crippen LogP contribution in [-0.2, 0) is 14.4 Å². The molecule has 0 radical (unpaired) electrons. The molecule has 2 N–H and O–H groups in total. The number of hydrogen-bond donors (Lipinski definition) is 2. The van der Waals surface area contributed by atoms with E-state index in [2.05, 4.69) is 5.32 Å². The zero-order valence-corrected chi connectivity index (χ0v) is 11.4. The maximum atomic E-state index is 11.5. The lowest BCUT2D eigenvalue weighted by molar-refractivity contribution is -0.137. The Bertz CT molecular complexity index is 305. The smallest absolute Gasteiger partial charge is 0.303 e. The Morgan fingerprint density at radius 3 is 2.17 bits per heavy atom. The minimum Gasteiger partial charge on any atom is -0.481 e. The summed E-state index contributed by atoms with van der Waals surface area (Å²) in [6, 6.07) is 0. The highest BCUT2D eigenvalue weighted by atomic mass is 16.4. The van der Waals surface area contributed by atoms with Gasteiger partial charge in [0.15, 0.2) is 0 Å². The fourth-order valence-corrected chi connectivity index (χ4v) is 1.49. The first kappa shape index (κ1) is 16.6. The molecule has 0 fully saturated rings. The molecule has 0 bridgehead atoms. The molecule has 0 atom stereocenters. The number of carboxylic acid groups (broad SMARTS) is 1. The standard InChI is InChI=1S/C13H23NO4/c1-13(2,3)9-10(15)6-7-11(16)14-8-4-5-12(17)18/h4-9H2,1-3H3,(H,14,16)(H,17,18). The molecule has 1 amide bonds. The molecule has 0 heterocycles. The molecule has 0 saturated carbocycles. The van der Waals surface area contributed by atoms with E-state index >= 15 is 0 Å². The monoisotopic (exact) mass is 257 g/mol. The van der Waals surface area contributed by atoms with E-state index in [4.69, 9.17) is 5.11 Å². The molecular weight excluding hydrogens is 234 g/mol. The van der Waals surface area contributed by atoms with Gasteiger partial charge in [0.25, 0.3) is 0 Å². The highest BCUT2D eigenvalue weighted by Gasteiger charge is 2.16. The van der Waals surface area contributed by atoms with Gasteiger partial charge < -0.3 is 10.4 Å². The summed E-state index contributed by atoms with van der Waals surface area (Å²) in [6.45, 7) is 6.29. The van der Waals surface area contributed by atoms with Gasteiger partial charge in [0.1, 0.15) is 5.78 Å². The number of carbonyl (C=O) groups excluding carboxylic acids is 2. The minimum atomic E-state index is -0.871. The molecule has 0 aliphatic heterocycles. The van der Waals surface area contributed by atoms with Crippen LogP contribution in [0.2, 0.25) is 0 Å². The van der Waals surface area contributed by atoms with E-state index in [0.29, 0.717) is 19.4 Å². The molecule has 0 aromatic rings. The van der Waals surface area contributed by atoms with Gasteiger partial charge in [0, 0.05) is 32.2 Å². The predicted molar refractivity (Wildman–Crippen MR) is 68.2 cm³/mol. The van der Waals surface area contributed by atoms with E-state index in [0.717, 1.165) is 0 Å². The van der Waals surface area contributed by atoms with Crippen LogP contribution < -0.4 is 5.32 Å². The Balaban J connectivity index is 3.64. The van der Waals surface area contributed by atoms with E-state index in [1.54, 1.807) is 0 Å². The zero-order chi connectivity index (χ0) is 14.2. The van der Waals surface area contributed by atoms with Crippen LogP contribution in [0.25, 0.3) is 0 Å². The predicted octanol–water partition coefficient (Wildman–Crippen LogP) is 1.75. The highest BCUT2D eigenvalue weighted by molar-refractivity contribution is 5.85. The summed E-state index contributed by atoms with van der Waals surface area (Å²) in [5.74, 6) is -0.976. The van der Waals surface area contributed by atoms with Crippen molar-refractivity contribution < 1.29 is 19.5 Å². The van der Waals surface area contributed by atoms with Gasteiger partial charge in [0.2, 0.25) is 5.91 Å². The van der Waals surface area contributed by atoms with Gasteiger partial charge in [-0.3, -0.25) is 14.4 Å². The molecule has 0 spiro atoms. The van der Waals surface area contributed by atoms with E-state index in [9.17, 15) is 14.4 Å². The number of hydrogen-bond acceptors (Lipinski definition) is 3. The molecule has 18 heavy (non-hydrogen) atoms. The third-order valence-corrected chi connectivity index (χ3v) is 2.25. The first-order valence-corrected chi connectivity index (χ1v) is 6.21. The first-order valence-electron chi connectivity index (χ1n) is 6.21. The van der Waals surface area contributed by atoms with Gasteiger partial charge in [-0.05, 0) is 11.8 Å². The lowest BCUT2D eigenvalue weighted by Gasteiger charge is -2.16. The number of carbonyl (C=O) groups is 3. The fraction of sp³-hybridized carbons (Fsp3) is 0.769. The number of carboxylic acids is 1. The van der Waals surface area contributed by atoms with Crippen molar-refractivity contribution in [3.05, 3.63) is 0 Å². The second-order valence-electron chi connectivity index (χ2n) is 5.62. The SMILES string of the molecule is CC(C)(C)CC(=O)CCC(=O)NCCCC(=O)O. The van der Waals surface area contributed by atoms with Gasteiger partial charge in [-0.15, -0.1) is 0 Å². The fourth-order valence-electron chi connectivity index (χ4n) is 1.49. The Hall–Kier alpha value is -1.39. The van der Waals surface area contributed by atoms with Crippen molar-refractivity contribution in [1.82, 2.24) is 5.32 Å². The normalized spacial score (nSPS) is 11.1. The lowest BCUT2D eigenvalue weighted by atomic mass is 9.89. The molecule has 0 aromatic heterocycles. The summed E-state index contributed by atoms with van der Waals surface area (Å²) in [5.41, 5.74) is -0.0466. The molecule has 5 nitrogen and oxygen atoms in total. The second-order valence-corrected chi connectivity index (χ2v) is 5.62. The van der Waals surface area contributed by atoms with Crippen molar-refractivity contribution in [2.24, 2.45) is 5.41 Å². The van der Waals surface area contributed by atoms with Crippen LogP contribution in [0.5, 0.6) is 0 Å². The van der Waals surface area contributed by atoms with E-state index in [1.165, 1.54) is 0 Å². The van der Waals surface area contributed by atoms with Gasteiger partial charge >= 0.3 is 5.97 Å². The summed E-state index contributed by atoms with van der Waals surface area (Å²) < 4.78 is 0. The Kier molecular flexibility index (Phi) is 7.24. The minimum absolute atomic E-state index is 0.0449. The summed E-state index contributed by atoms with van der Waals surface area (Å²) in [4.78, 5) is 33.1. The molecule has 0 rings (SSSR count). The topological polar surface area (TPSA) is 83.5 Å². The molecule has 0 unspecified atom stereocenters. The average Bonchev–Trinajstić information content (AvgIpc) is 2.19. The van der Waals surface area contributed by atoms with Crippen LogP contribution in [0, 0.1) is 5.41 Å². The van der Waals surface area contributed by atoms with Gasteiger partial charge in [0.05, 0.1) is 0 Å². The molecule has 0 aromatic carbocycles. The first-order chi connectivity index (χ1) is 8.20. The number of amides is 1. The van der Waals surface area contributed by atoms with E-state index in [-0.39, 0.29) is 36.4 Å². The van der Waals surface area contributed by atoms with E-state index < -0.39 is 5.97 Å². The Morgan fingerprint density at radius 2 is 1.67 bits per heavy atom. The summed E-state index contributed by atoms with van der Waals surface area (Å²) >= 11 is 0. The Morgan fingerprint density at radius 1 is 1.06 bits per heavy atom. The molecule has 0 aliphatic rings. The number of nitrogens with one attached hydrogen (secondary N) is 1. The van der Waals surface area contributed by atoms with Crippen LogP contribution in [0.15, 0.2) is 0 Å². The quantitative estimate of drug-likeness (QED) is 0.649. The van der Waals surface area contributed by atoms with E-state index in [1.807, 2.05) is 20.8 Å². The van der Waals surface area contributed by atoms with Crippen molar-refractivity contribution >= 4 is 17.7 Å². The molecular formula is C13H23NO4. The summed E-state index contributed by atoms with van der Waals surface area (Å²) in [7, 11) is 0. The third kappa shape index (κ3) is 11.1. The van der Waals surface area contributed by atoms with Crippen molar-refractivity contribution in [3.63, 3.8) is 0 Å². The number of Topliss-reactive ketones (excluding diaryl/α,β-unsaturated/α-hetero) is 1. The number of aliphatic carboxylic acids is 1. The maximum Gasteiger partial charge on any atom is 0.303 e. The third-order valence-electron chi connectivity index (χ3n) is 2.25. The van der Waals surface area contributed by atoms with Gasteiger partial charge in [-0.1, -0.05) is 20.8 Å². The molecule has 104 valence electrons. The molecule has 5 heteroatoms. The van der Waals surface area contributed by atoms with Crippen LogP contribution in [0.4, 0.5) is 0 Å². The second kappa shape index (κ2) is 7.84. The van der Waals surface area contributed by atoms with Gasteiger partial charge in [-0.2, -0.15) is 0 Å². The lowest BCUT2D eigenvalue weighted by Crippen LogP contribution is -2.25. The van der Waals surface area contributed by atoms with Gasteiger partial charge in [-0.25, -0.2) is 0 Å². The highest BCUT2D eigenvalue weighted by Crippen LogP contribution is 2.19. The zero-order valence-electron chi connectivity index (χ0n) is 11.4. The van der Waals surface area contributed by atoms with Crippen LogP contribution >= 0.6 is 0 Å². The maximum absolute atomic E-state index is 11.5. The average molecular weight is 257 g/mol. The summed E-state index contributed by atoms with van der Waals surface area (Å²) in [5, 5.41) is 11.0. The van der Waals surface area contributed by atoms with Crippen molar-refractivity contribution in [1.29, 1.82) is 0 Å². The van der Waals surface area contributed by atoms with Crippen molar-refractivity contribution in [2.75, 3.05) is 6.54 Å². The van der Waals surface area contributed by atoms with Crippen molar-refractivity contribution in [3.8, 4) is 0 Å². The van der Waals surface area contributed by atoms with Crippen LogP contribution in [0.3, 0.4) is 0 Å². The largest absolute Gasteiger partial charge is 0.481 e. The molecule has 0 saturated heterocycles. The number of rotatable bonds is 8. The number of ketones is 1.